The topological polar surface area (TPSA) is 33.1 Å². The van der Waals surface area contributed by atoms with Gasteiger partial charge in [-0.1, -0.05) is 30.3 Å². The van der Waals surface area contributed by atoms with Crippen molar-refractivity contribution in [3.05, 3.63) is 84.1 Å². The zero-order chi connectivity index (χ0) is 22.4. The molecule has 0 aliphatic rings. The van der Waals surface area contributed by atoms with Gasteiger partial charge in [0.2, 0.25) is 0 Å². The van der Waals surface area contributed by atoms with E-state index in [1.807, 2.05) is 0 Å². The van der Waals surface area contributed by atoms with E-state index >= 15 is 0 Å². The number of hydrogen-bond donors (Lipinski definition) is 1. The molecule has 0 radical (unpaired) electrons. The predicted octanol–water partition coefficient (Wildman–Crippen LogP) is 7.31. The summed E-state index contributed by atoms with van der Waals surface area (Å²) in [4.78, 5) is 4.16. The monoisotopic (exact) mass is 433 g/mol. The number of alkyl halides is 6. The summed E-state index contributed by atoms with van der Waals surface area (Å²) in [5.74, 6) is -0.231. The smallest absolute Gasteiger partial charge is 0.416 e. The summed E-state index contributed by atoms with van der Waals surface area (Å²) in [5, 5.41) is 11.2. The van der Waals surface area contributed by atoms with Gasteiger partial charge in [0, 0.05) is 17.1 Å². The third-order valence-corrected chi connectivity index (χ3v) is 4.91. The van der Waals surface area contributed by atoms with Gasteiger partial charge < -0.3 is 5.11 Å². The van der Waals surface area contributed by atoms with Gasteiger partial charge in [0.05, 0.1) is 11.1 Å². The van der Waals surface area contributed by atoms with Crippen LogP contribution in [0, 0.1) is 0 Å². The van der Waals surface area contributed by atoms with Crippen molar-refractivity contribution in [3.8, 4) is 28.0 Å². The fourth-order valence-corrected chi connectivity index (χ4v) is 3.37. The molecule has 0 fully saturated rings. The molecule has 0 aliphatic heterocycles. The number of rotatable bonds is 2. The number of benzene rings is 3. The van der Waals surface area contributed by atoms with E-state index in [4.69, 9.17) is 0 Å². The van der Waals surface area contributed by atoms with E-state index in [1.54, 1.807) is 12.1 Å². The highest BCUT2D eigenvalue weighted by Crippen LogP contribution is 2.42. The molecule has 0 amide bonds. The van der Waals surface area contributed by atoms with E-state index in [0.29, 0.717) is 22.1 Å². The van der Waals surface area contributed by atoms with Crippen LogP contribution < -0.4 is 0 Å². The Hall–Kier alpha value is -3.55. The minimum atomic E-state index is -4.50. The number of pyridine rings is 1. The molecule has 0 bridgehead atoms. The summed E-state index contributed by atoms with van der Waals surface area (Å²) in [6, 6.07) is 13.6. The maximum absolute atomic E-state index is 12.9. The first kappa shape index (κ1) is 20.7. The molecule has 0 unspecified atom stereocenters. The van der Waals surface area contributed by atoms with Gasteiger partial charge in [-0.25, -0.2) is 0 Å². The SMILES string of the molecule is Oc1c(-c2ccc(C(F)(F)F)cc2)cc(-c2ccc(C(F)(F)F)cc2)c2cccnc12. The standard InChI is InChI=1S/C23H13F6NO/c24-22(25,26)15-7-3-13(4-8-15)18-12-19(21(31)20-17(18)2-1-11-30-20)14-5-9-16(10-6-14)23(27,28)29/h1-12,31H. The number of phenols is 1. The van der Waals surface area contributed by atoms with E-state index in [9.17, 15) is 31.4 Å². The second kappa shape index (κ2) is 7.30. The van der Waals surface area contributed by atoms with Crippen molar-refractivity contribution in [2.24, 2.45) is 0 Å². The van der Waals surface area contributed by atoms with Crippen LogP contribution in [0.15, 0.2) is 72.9 Å². The maximum atomic E-state index is 12.9. The quantitative estimate of drug-likeness (QED) is 0.336. The zero-order valence-corrected chi connectivity index (χ0v) is 15.6. The molecule has 8 heteroatoms. The molecule has 0 spiro atoms. The van der Waals surface area contributed by atoms with Gasteiger partial charge in [0.1, 0.15) is 11.3 Å². The first-order chi connectivity index (χ1) is 14.6. The van der Waals surface area contributed by atoms with Crippen LogP contribution >= 0.6 is 0 Å². The maximum Gasteiger partial charge on any atom is 0.416 e. The van der Waals surface area contributed by atoms with Crippen LogP contribution in [0.1, 0.15) is 11.1 Å². The van der Waals surface area contributed by atoms with Crippen LogP contribution in [0.2, 0.25) is 0 Å². The Kier molecular flexibility index (Phi) is 4.88. The number of halogens is 6. The molecule has 0 saturated heterocycles. The van der Waals surface area contributed by atoms with Crippen LogP contribution in [0.3, 0.4) is 0 Å². The van der Waals surface area contributed by atoms with Gasteiger partial charge in [-0.05, 0) is 53.1 Å². The lowest BCUT2D eigenvalue weighted by Gasteiger charge is -2.14. The first-order valence-electron chi connectivity index (χ1n) is 9.01. The minimum Gasteiger partial charge on any atom is -0.505 e. The number of fused-ring (bicyclic) bond motifs is 1. The Morgan fingerprint density at radius 2 is 1.13 bits per heavy atom. The van der Waals surface area contributed by atoms with Gasteiger partial charge in [0.15, 0.2) is 0 Å². The van der Waals surface area contributed by atoms with Crippen molar-refractivity contribution in [3.63, 3.8) is 0 Å². The van der Waals surface area contributed by atoms with Crippen molar-refractivity contribution in [2.75, 3.05) is 0 Å². The molecule has 1 N–H and O–H groups in total. The van der Waals surface area contributed by atoms with Crippen molar-refractivity contribution < 1.29 is 31.4 Å². The molecular formula is C23H13F6NO. The summed E-state index contributed by atoms with van der Waals surface area (Å²) in [7, 11) is 0. The summed E-state index contributed by atoms with van der Waals surface area (Å²) in [5.41, 5.74) is 0.0116. The molecule has 4 aromatic rings. The Labute approximate surface area is 172 Å². The van der Waals surface area contributed by atoms with Crippen molar-refractivity contribution in [1.82, 2.24) is 4.98 Å². The fraction of sp³-hybridized carbons (Fsp3) is 0.0870. The van der Waals surface area contributed by atoms with Crippen LogP contribution in [0.25, 0.3) is 33.2 Å². The first-order valence-corrected chi connectivity index (χ1v) is 9.01. The summed E-state index contributed by atoms with van der Waals surface area (Å²) in [6.45, 7) is 0. The molecule has 3 aromatic carbocycles. The average Bonchev–Trinajstić information content (AvgIpc) is 2.73. The lowest BCUT2D eigenvalue weighted by molar-refractivity contribution is -0.138. The number of phenolic OH excluding ortho intramolecular Hbond substituents is 1. The third kappa shape index (κ3) is 3.93. The molecule has 2 nitrogen and oxygen atoms in total. The van der Waals surface area contributed by atoms with Gasteiger partial charge >= 0.3 is 12.4 Å². The Bertz CT molecular complexity index is 1240. The summed E-state index contributed by atoms with van der Waals surface area (Å²) < 4.78 is 77.3. The van der Waals surface area contributed by atoms with Gasteiger partial charge in [-0.15, -0.1) is 0 Å². The molecule has 4 rings (SSSR count). The summed E-state index contributed by atoms with van der Waals surface area (Å²) >= 11 is 0. The Morgan fingerprint density at radius 1 is 0.645 bits per heavy atom. The lowest BCUT2D eigenvalue weighted by atomic mass is 9.93. The number of hydrogen-bond acceptors (Lipinski definition) is 2. The molecule has 0 aliphatic carbocycles. The highest BCUT2D eigenvalue weighted by Gasteiger charge is 2.31. The van der Waals surface area contributed by atoms with Crippen molar-refractivity contribution in [2.45, 2.75) is 12.4 Å². The second-order valence-corrected chi connectivity index (χ2v) is 6.87. The minimum absolute atomic E-state index is 0.190. The Morgan fingerprint density at radius 3 is 1.61 bits per heavy atom. The van der Waals surface area contributed by atoms with Crippen LogP contribution in [-0.4, -0.2) is 10.1 Å². The zero-order valence-electron chi connectivity index (χ0n) is 15.6. The predicted molar refractivity (Wildman–Crippen MR) is 104 cm³/mol. The number of nitrogens with zero attached hydrogens (tertiary/aromatic N) is 1. The normalized spacial score (nSPS) is 12.3. The molecule has 0 atom stereocenters. The fourth-order valence-electron chi connectivity index (χ4n) is 3.37. The molecular weight excluding hydrogens is 420 g/mol. The van der Waals surface area contributed by atoms with E-state index in [1.165, 1.54) is 36.5 Å². The second-order valence-electron chi connectivity index (χ2n) is 6.87. The molecule has 158 valence electrons. The van der Waals surface area contributed by atoms with E-state index < -0.39 is 23.5 Å². The number of aromatic nitrogens is 1. The highest BCUT2D eigenvalue weighted by atomic mass is 19.4. The van der Waals surface area contributed by atoms with Gasteiger partial charge in [-0.2, -0.15) is 26.3 Å². The van der Waals surface area contributed by atoms with Gasteiger partial charge in [-0.3, -0.25) is 4.98 Å². The lowest BCUT2D eigenvalue weighted by Crippen LogP contribution is -2.04. The molecule has 1 aromatic heterocycles. The average molecular weight is 433 g/mol. The molecule has 1 heterocycles. The highest BCUT2D eigenvalue weighted by molar-refractivity contribution is 6.02. The number of aromatic hydroxyl groups is 1. The van der Waals surface area contributed by atoms with Crippen LogP contribution in [-0.2, 0) is 12.4 Å². The van der Waals surface area contributed by atoms with Gasteiger partial charge in [0.25, 0.3) is 0 Å². The van der Waals surface area contributed by atoms with Crippen molar-refractivity contribution in [1.29, 1.82) is 0 Å². The summed E-state index contributed by atoms with van der Waals surface area (Å²) in [6.07, 6.45) is -7.55. The largest absolute Gasteiger partial charge is 0.505 e. The third-order valence-electron chi connectivity index (χ3n) is 4.91. The van der Waals surface area contributed by atoms with E-state index in [2.05, 4.69) is 4.98 Å². The van der Waals surface area contributed by atoms with Crippen LogP contribution in [0.5, 0.6) is 5.75 Å². The molecule has 0 saturated carbocycles. The van der Waals surface area contributed by atoms with Crippen molar-refractivity contribution >= 4 is 10.9 Å². The van der Waals surface area contributed by atoms with Crippen LogP contribution in [0.4, 0.5) is 26.3 Å². The van der Waals surface area contributed by atoms with E-state index in [0.717, 1.165) is 24.3 Å². The van der Waals surface area contributed by atoms with E-state index in [-0.39, 0.29) is 16.8 Å². The Balaban J connectivity index is 1.90. The molecule has 31 heavy (non-hydrogen) atoms.